The molecule has 1 saturated heterocycles. The quantitative estimate of drug-likeness (QED) is 0.767. The number of methoxy groups -OCH3 is 1. The van der Waals surface area contributed by atoms with Gasteiger partial charge in [0.2, 0.25) is 0 Å². The van der Waals surface area contributed by atoms with E-state index in [2.05, 4.69) is 47.1 Å². The fourth-order valence-corrected chi connectivity index (χ4v) is 3.30. The molecule has 1 fully saturated rings. The van der Waals surface area contributed by atoms with Crippen LogP contribution >= 0.6 is 15.9 Å². The molecule has 1 aliphatic rings. The highest BCUT2D eigenvalue weighted by Gasteiger charge is 2.17. The van der Waals surface area contributed by atoms with Crippen LogP contribution in [0, 0.1) is 6.92 Å². The molecule has 4 heteroatoms. The monoisotopic (exact) mass is 376 g/mol. The Morgan fingerprint density at radius 1 is 1.22 bits per heavy atom. The number of ether oxygens (including phenoxy) is 3. The van der Waals surface area contributed by atoms with Crippen molar-refractivity contribution in [3.8, 4) is 11.5 Å². The summed E-state index contributed by atoms with van der Waals surface area (Å²) in [4.78, 5) is 0. The first-order valence-electron chi connectivity index (χ1n) is 7.82. The number of hydrogen-bond donors (Lipinski definition) is 0. The van der Waals surface area contributed by atoms with Crippen molar-refractivity contribution in [1.82, 2.24) is 0 Å². The third-order valence-electron chi connectivity index (χ3n) is 4.12. The van der Waals surface area contributed by atoms with Crippen LogP contribution in [-0.4, -0.2) is 26.4 Å². The topological polar surface area (TPSA) is 27.7 Å². The molecule has 1 unspecified atom stereocenters. The van der Waals surface area contributed by atoms with Gasteiger partial charge in [-0.15, -0.1) is 0 Å². The second-order valence-corrected chi connectivity index (χ2v) is 6.69. The SMILES string of the molecule is COc1cc(C)c(Cc2ccc(OC3CCOC3)cc2)cc1Br. The molecule has 122 valence electrons. The minimum Gasteiger partial charge on any atom is -0.496 e. The molecule has 0 radical (unpaired) electrons. The van der Waals surface area contributed by atoms with Crippen molar-refractivity contribution < 1.29 is 14.2 Å². The molecule has 23 heavy (non-hydrogen) atoms. The third kappa shape index (κ3) is 4.06. The molecule has 0 spiro atoms. The summed E-state index contributed by atoms with van der Waals surface area (Å²) in [5.41, 5.74) is 3.78. The van der Waals surface area contributed by atoms with Gasteiger partial charge in [-0.3, -0.25) is 0 Å². The van der Waals surface area contributed by atoms with Gasteiger partial charge in [-0.2, -0.15) is 0 Å². The van der Waals surface area contributed by atoms with Crippen molar-refractivity contribution >= 4 is 15.9 Å². The number of aryl methyl sites for hydroxylation is 1. The zero-order chi connectivity index (χ0) is 16.2. The van der Waals surface area contributed by atoms with Crippen LogP contribution in [0.2, 0.25) is 0 Å². The van der Waals surface area contributed by atoms with E-state index in [0.717, 1.165) is 35.4 Å². The first-order chi connectivity index (χ1) is 11.2. The zero-order valence-electron chi connectivity index (χ0n) is 13.5. The predicted octanol–water partition coefficient (Wildman–Crippen LogP) is 4.52. The lowest BCUT2D eigenvalue weighted by atomic mass is 10.0. The van der Waals surface area contributed by atoms with Crippen molar-refractivity contribution in [2.24, 2.45) is 0 Å². The minimum atomic E-state index is 0.195. The van der Waals surface area contributed by atoms with Crippen LogP contribution in [0.4, 0.5) is 0 Å². The molecule has 1 heterocycles. The molecule has 3 rings (SSSR count). The average Bonchev–Trinajstić information content (AvgIpc) is 3.05. The van der Waals surface area contributed by atoms with E-state index in [4.69, 9.17) is 14.2 Å². The average molecular weight is 377 g/mol. The van der Waals surface area contributed by atoms with Crippen LogP contribution in [-0.2, 0) is 11.2 Å². The number of rotatable bonds is 5. The summed E-state index contributed by atoms with van der Waals surface area (Å²) in [5.74, 6) is 1.78. The van der Waals surface area contributed by atoms with Crippen molar-refractivity contribution in [2.75, 3.05) is 20.3 Å². The van der Waals surface area contributed by atoms with Crippen molar-refractivity contribution in [2.45, 2.75) is 25.9 Å². The van der Waals surface area contributed by atoms with Gasteiger partial charge in [-0.25, -0.2) is 0 Å². The van der Waals surface area contributed by atoms with E-state index in [1.807, 2.05) is 12.1 Å². The Bertz CT molecular complexity index is 661. The molecule has 0 amide bonds. The van der Waals surface area contributed by atoms with Crippen LogP contribution in [0.1, 0.15) is 23.1 Å². The molecule has 1 aliphatic heterocycles. The Hall–Kier alpha value is -1.52. The molecule has 2 aromatic carbocycles. The Balaban J connectivity index is 1.69. The summed E-state index contributed by atoms with van der Waals surface area (Å²) in [6.45, 7) is 3.61. The van der Waals surface area contributed by atoms with Crippen molar-refractivity contribution in [3.05, 3.63) is 57.6 Å². The van der Waals surface area contributed by atoms with Crippen LogP contribution in [0.3, 0.4) is 0 Å². The molecule has 0 aliphatic carbocycles. The minimum absolute atomic E-state index is 0.195. The van der Waals surface area contributed by atoms with Gasteiger partial charge in [-0.1, -0.05) is 12.1 Å². The first-order valence-corrected chi connectivity index (χ1v) is 8.61. The fraction of sp³-hybridized carbons (Fsp3) is 0.368. The van der Waals surface area contributed by atoms with E-state index in [1.54, 1.807) is 7.11 Å². The van der Waals surface area contributed by atoms with E-state index in [-0.39, 0.29) is 6.10 Å². The molecule has 0 N–H and O–H groups in total. The zero-order valence-corrected chi connectivity index (χ0v) is 15.1. The lowest BCUT2D eigenvalue weighted by Crippen LogP contribution is -2.15. The number of hydrogen-bond acceptors (Lipinski definition) is 3. The molecular weight excluding hydrogens is 356 g/mol. The molecule has 2 aromatic rings. The van der Waals surface area contributed by atoms with Gasteiger partial charge in [-0.05, 0) is 70.2 Å². The van der Waals surface area contributed by atoms with Gasteiger partial charge in [0.1, 0.15) is 17.6 Å². The van der Waals surface area contributed by atoms with E-state index in [9.17, 15) is 0 Å². The van der Waals surface area contributed by atoms with Crippen LogP contribution in [0.15, 0.2) is 40.9 Å². The summed E-state index contributed by atoms with van der Waals surface area (Å²) in [7, 11) is 1.69. The number of benzene rings is 2. The third-order valence-corrected chi connectivity index (χ3v) is 4.74. The Kier molecular flexibility index (Phi) is 5.23. The summed E-state index contributed by atoms with van der Waals surface area (Å²) >= 11 is 3.56. The standard InChI is InChI=1S/C19H21BrO3/c1-13-9-19(21-2)18(20)11-15(13)10-14-3-5-16(6-4-14)23-17-7-8-22-12-17/h3-6,9,11,17H,7-8,10,12H2,1-2H3. The lowest BCUT2D eigenvalue weighted by molar-refractivity contribution is 0.141. The maximum absolute atomic E-state index is 5.90. The summed E-state index contributed by atoms with van der Waals surface area (Å²) in [6.07, 6.45) is 2.06. The van der Waals surface area contributed by atoms with E-state index in [0.29, 0.717) is 6.61 Å². The predicted molar refractivity (Wildman–Crippen MR) is 94.5 cm³/mol. The molecule has 0 bridgehead atoms. The highest BCUT2D eigenvalue weighted by molar-refractivity contribution is 9.10. The highest BCUT2D eigenvalue weighted by atomic mass is 79.9. The van der Waals surface area contributed by atoms with Gasteiger partial charge >= 0.3 is 0 Å². The van der Waals surface area contributed by atoms with Crippen LogP contribution in [0.25, 0.3) is 0 Å². The summed E-state index contributed by atoms with van der Waals surface area (Å²) < 4.78 is 17.6. The van der Waals surface area contributed by atoms with Gasteiger partial charge < -0.3 is 14.2 Å². The summed E-state index contributed by atoms with van der Waals surface area (Å²) in [5, 5.41) is 0. The second-order valence-electron chi connectivity index (χ2n) is 5.84. The Morgan fingerprint density at radius 3 is 2.65 bits per heavy atom. The smallest absolute Gasteiger partial charge is 0.133 e. The molecule has 0 saturated carbocycles. The van der Waals surface area contributed by atoms with Gasteiger partial charge in [0.25, 0.3) is 0 Å². The van der Waals surface area contributed by atoms with Crippen molar-refractivity contribution in [1.29, 1.82) is 0 Å². The summed E-state index contributed by atoms with van der Waals surface area (Å²) in [6, 6.07) is 12.5. The maximum atomic E-state index is 5.90. The van der Waals surface area contributed by atoms with E-state index >= 15 is 0 Å². The maximum Gasteiger partial charge on any atom is 0.133 e. The Morgan fingerprint density at radius 2 is 2.00 bits per heavy atom. The van der Waals surface area contributed by atoms with Crippen molar-refractivity contribution in [3.63, 3.8) is 0 Å². The lowest BCUT2D eigenvalue weighted by Gasteiger charge is -2.13. The van der Waals surface area contributed by atoms with Crippen LogP contribution in [0.5, 0.6) is 11.5 Å². The second kappa shape index (κ2) is 7.37. The van der Waals surface area contributed by atoms with E-state index in [1.165, 1.54) is 16.7 Å². The Labute approximate surface area is 145 Å². The highest BCUT2D eigenvalue weighted by Crippen LogP contribution is 2.29. The molecule has 3 nitrogen and oxygen atoms in total. The van der Waals surface area contributed by atoms with E-state index < -0.39 is 0 Å². The van der Waals surface area contributed by atoms with Gasteiger partial charge in [0.05, 0.1) is 24.8 Å². The molecular formula is C19H21BrO3. The molecule has 0 aromatic heterocycles. The largest absolute Gasteiger partial charge is 0.496 e. The normalized spacial score (nSPS) is 17.3. The van der Waals surface area contributed by atoms with Gasteiger partial charge in [0.15, 0.2) is 0 Å². The first kappa shape index (κ1) is 16.3. The molecule has 1 atom stereocenters. The number of halogens is 1. The van der Waals surface area contributed by atoms with Crippen LogP contribution < -0.4 is 9.47 Å². The fourth-order valence-electron chi connectivity index (χ4n) is 2.75. The van der Waals surface area contributed by atoms with Gasteiger partial charge in [0, 0.05) is 6.42 Å².